The van der Waals surface area contributed by atoms with E-state index < -0.39 is 0 Å². The largest absolute Gasteiger partial charge is 0.301 e. The molecule has 1 aromatic carbocycles. The third-order valence-electron chi connectivity index (χ3n) is 4.34. The molecule has 3 aromatic heterocycles. The number of rotatable bonds is 8. The number of carbonyl (C=O) groups is 1. The Morgan fingerprint density at radius 1 is 1.17 bits per heavy atom. The maximum absolute atomic E-state index is 12.5. The van der Waals surface area contributed by atoms with Gasteiger partial charge in [-0.3, -0.25) is 4.79 Å². The number of hydrogen-bond acceptors (Lipinski definition) is 7. The number of thiazole rings is 1. The molecule has 0 aliphatic rings. The lowest BCUT2D eigenvalue weighted by Gasteiger charge is -2.07. The van der Waals surface area contributed by atoms with Gasteiger partial charge in [0.1, 0.15) is 0 Å². The first-order valence-corrected chi connectivity index (χ1v) is 12.3. The van der Waals surface area contributed by atoms with E-state index in [1.54, 1.807) is 11.3 Å². The van der Waals surface area contributed by atoms with E-state index in [9.17, 15) is 4.79 Å². The maximum Gasteiger partial charge on any atom is 0.236 e. The highest BCUT2D eigenvalue weighted by Gasteiger charge is 2.16. The summed E-state index contributed by atoms with van der Waals surface area (Å²) in [7, 11) is 0. The van der Waals surface area contributed by atoms with Crippen LogP contribution in [-0.4, -0.2) is 31.4 Å². The van der Waals surface area contributed by atoms with Crippen molar-refractivity contribution in [1.29, 1.82) is 0 Å². The van der Waals surface area contributed by atoms with Crippen molar-refractivity contribution < 1.29 is 4.79 Å². The Bertz CT molecular complexity index is 1120. The molecule has 4 rings (SSSR count). The van der Waals surface area contributed by atoms with Crippen molar-refractivity contribution in [3.8, 4) is 22.0 Å². The van der Waals surface area contributed by atoms with Crippen LogP contribution < -0.4 is 5.32 Å². The van der Waals surface area contributed by atoms with Gasteiger partial charge in [-0.05, 0) is 24.8 Å². The number of thioether (sulfide) groups is 1. The highest BCUT2D eigenvalue weighted by Crippen LogP contribution is 2.28. The second-order valence-corrected chi connectivity index (χ2v) is 9.42. The minimum absolute atomic E-state index is 0.103. The predicted octanol–water partition coefficient (Wildman–Crippen LogP) is 5.58. The Hall–Kier alpha value is -2.49. The monoisotopic (exact) mass is 455 g/mol. The van der Waals surface area contributed by atoms with E-state index in [4.69, 9.17) is 0 Å². The standard InChI is InChI=1S/C21H21N5OS3/c1-3-10-26-19(17-5-4-11-28-17)24-25-21(26)30-13-18(27)23-20-22-16(12-29-20)15-8-6-14(2)7-9-15/h4-9,11-12H,3,10,13H2,1-2H3,(H,22,23,27). The number of anilines is 1. The van der Waals surface area contributed by atoms with Gasteiger partial charge in [0.25, 0.3) is 0 Å². The van der Waals surface area contributed by atoms with E-state index in [2.05, 4.69) is 51.0 Å². The first kappa shape index (κ1) is 20.8. The number of aryl methyl sites for hydroxylation is 1. The normalized spacial score (nSPS) is 11.0. The molecule has 0 saturated heterocycles. The minimum Gasteiger partial charge on any atom is -0.301 e. The molecule has 0 aliphatic heterocycles. The van der Waals surface area contributed by atoms with Crippen LogP contribution in [0, 0.1) is 6.92 Å². The number of nitrogens with zero attached hydrogens (tertiary/aromatic N) is 4. The molecule has 0 bridgehead atoms. The van der Waals surface area contributed by atoms with Crippen LogP contribution in [0.25, 0.3) is 22.0 Å². The van der Waals surface area contributed by atoms with Gasteiger partial charge in [0.05, 0.1) is 16.3 Å². The van der Waals surface area contributed by atoms with Gasteiger partial charge in [-0.2, -0.15) is 0 Å². The van der Waals surface area contributed by atoms with Crippen molar-refractivity contribution in [2.24, 2.45) is 0 Å². The number of thiophene rings is 1. The van der Waals surface area contributed by atoms with Crippen LogP contribution in [0.2, 0.25) is 0 Å². The summed E-state index contributed by atoms with van der Waals surface area (Å²) in [6.45, 7) is 4.99. The molecule has 0 unspecified atom stereocenters. The van der Waals surface area contributed by atoms with Crippen LogP contribution in [-0.2, 0) is 11.3 Å². The van der Waals surface area contributed by atoms with Gasteiger partial charge in [-0.25, -0.2) is 4.98 Å². The van der Waals surface area contributed by atoms with Gasteiger partial charge in [-0.15, -0.1) is 32.9 Å². The van der Waals surface area contributed by atoms with Crippen molar-refractivity contribution in [3.05, 3.63) is 52.7 Å². The van der Waals surface area contributed by atoms with E-state index in [1.165, 1.54) is 28.7 Å². The van der Waals surface area contributed by atoms with Crippen LogP contribution in [0.1, 0.15) is 18.9 Å². The molecule has 0 fully saturated rings. The first-order valence-electron chi connectivity index (χ1n) is 9.56. The first-order chi connectivity index (χ1) is 14.6. The summed E-state index contributed by atoms with van der Waals surface area (Å²) in [6, 6.07) is 12.2. The molecule has 154 valence electrons. The van der Waals surface area contributed by atoms with Gasteiger partial charge in [-0.1, -0.05) is 54.6 Å². The fourth-order valence-electron chi connectivity index (χ4n) is 2.88. The summed E-state index contributed by atoms with van der Waals surface area (Å²) in [6.07, 6.45) is 0.969. The number of carbonyl (C=O) groups excluding carboxylic acids is 1. The predicted molar refractivity (Wildman–Crippen MR) is 125 cm³/mol. The highest BCUT2D eigenvalue weighted by molar-refractivity contribution is 7.99. The van der Waals surface area contributed by atoms with Crippen LogP contribution >= 0.6 is 34.4 Å². The van der Waals surface area contributed by atoms with Crippen LogP contribution in [0.4, 0.5) is 5.13 Å². The van der Waals surface area contributed by atoms with Gasteiger partial charge >= 0.3 is 0 Å². The summed E-state index contributed by atoms with van der Waals surface area (Å²) in [5, 5.41) is 16.9. The van der Waals surface area contributed by atoms with E-state index >= 15 is 0 Å². The number of benzene rings is 1. The number of nitrogens with one attached hydrogen (secondary N) is 1. The molecule has 30 heavy (non-hydrogen) atoms. The Morgan fingerprint density at radius 2 is 2.00 bits per heavy atom. The van der Waals surface area contributed by atoms with Crippen LogP contribution in [0.5, 0.6) is 0 Å². The lowest BCUT2D eigenvalue weighted by molar-refractivity contribution is -0.113. The number of aromatic nitrogens is 4. The fraction of sp³-hybridized carbons (Fsp3) is 0.238. The quantitative estimate of drug-likeness (QED) is 0.351. The van der Waals surface area contributed by atoms with Gasteiger partial charge in [0, 0.05) is 17.5 Å². The smallest absolute Gasteiger partial charge is 0.236 e. The minimum atomic E-state index is -0.103. The topological polar surface area (TPSA) is 72.7 Å². The van der Waals surface area contributed by atoms with Gasteiger partial charge in [0.2, 0.25) is 5.91 Å². The van der Waals surface area contributed by atoms with Crippen molar-refractivity contribution in [2.75, 3.05) is 11.1 Å². The molecule has 6 nitrogen and oxygen atoms in total. The van der Waals surface area contributed by atoms with E-state index in [1.807, 2.05) is 35.0 Å². The summed E-state index contributed by atoms with van der Waals surface area (Å²) < 4.78 is 2.09. The molecular formula is C21H21N5OS3. The van der Waals surface area contributed by atoms with E-state index in [0.717, 1.165) is 40.1 Å². The average molecular weight is 456 g/mol. The number of hydrogen-bond donors (Lipinski definition) is 1. The zero-order valence-electron chi connectivity index (χ0n) is 16.7. The second-order valence-electron chi connectivity index (χ2n) is 6.68. The van der Waals surface area contributed by atoms with Crippen molar-refractivity contribution in [2.45, 2.75) is 32.0 Å². The summed E-state index contributed by atoms with van der Waals surface area (Å²) in [5.74, 6) is 1.01. The summed E-state index contributed by atoms with van der Waals surface area (Å²) in [4.78, 5) is 18.1. The molecule has 0 spiro atoms. The Balaban J connectivity index is 1.39. The molecule has 4 aromatic rings. The maximum atomic E-state index is 12.5. The zero-order chi connectivity index (χ0) is 20.9. The lowest BCUT2D eigenvalue weighted by Crippen LogP contribution is -2.14. The Kier molecular flexibility index (Phi) is 6.61. The molecule has 0 saturated carbocycles. The van der Waals surface area contributed by atoms with E-state index in [-0.39, 0.29) is 11.7 Å². The third kappa shape index (κ3) is 4.80. The number of amides is 1. The van der Waals surface area contributed by atoms with Crippen LogP contribution in [0.15, 0.2) is 52.3 Å². The highest BCUT2D eigenvalue weighted by atomic mass is 32.2. The van der Waals surface area contributed by atoms with E-state index in [0.29, 0.717) is 5.13 Å². The molecule has 3 heterocycles. The summed E-state index contributed by atoms with van der Waals surface area (Å²) in [5.41, 5.74) is 3.12. The molecule has 9 heteroatoms. The third-order valence-corrected chi connectivity index (χ3v) is 6.93. The Labute approximate surface area is 187 Å². The van der Waals surface area contributed by atoms with Gasteiger partial charge in [0.15, 0.2) is 16.1 Å². The molecule has 0 radical (unpaired) electrons. The van der Waals surface area contributed by atoms with Crippen molar-refractivity contribution in [1.82, 2.24) is 19.7 Å². The summed E-state index contributed by atoms with van der Waals surface area (Å²) >= 11 is 4.46. The Morgan fingerprint density at radius 3 is 2.73 bits per heavy atom. The van der Waals surface area contributed by atoms with Crippen molar-refractivity contribution >= 4 is 45.5 Å². The molecule has 1 N–H and O–H groups in total. The fourth-order valence-corrected chi connectivity index (χ4v) is 5.10. The zero-order valence-corrected chi connectivity index (χ0v) is 19.1. The molecule has 1 amide bonds. The second kappa shape index (κ2) is 9.55. The molecular weight excluding hydrogens is 434 g/mol. The lowest BCUT2D eigenvalue weighted by atomic mass is 10.1. The molecule has 0 atom stereocenters. The molecule has 0 aliphatic carbocycles. The van der Waals surface area contributed by atoms with Crippen LogP contribution in [0.3, 0.4) is 0 Å². The van der Waals surface area contributed by atoms with Crippen molar-refractivity contribution in [3.63, 3.8) is 0 Å². The average Bonchev–Trinajstić information content (AvgIpc) is 3.48. The SMILES string of the molecule is CCCn1c(SCC(=O)Nc2nc(-c3ccc(C)cc3)cs2)nnc1-c1cccs1. The van der Waals surface area contributed by atoms with Gasteiger partial charge < -0.3 is 9.88 Å².